The Hall–Kier alpha value is -1.73. The molecule has 1 atom stereocenters. The fourth-order valence-corrected chi connectivity index (χ4v) is 5.15. The van der Waals surface area contributed by atoms with Crippen LogP contribution in [0.15, 0.2) is 54.6 Å². The minimum Gasteiger partial charge on any atom is -0.299 e. The Morgan fingerprint density at radius 2 is 1.68 bits per heavy atom. The van der Waals surface area contributed by atoms with Crippen LogP contribution >= 0.6 is 22.6 Å². The van der Waals surface area contributed by atoms with E-state index in [0.29, 0.717) is 12.8 Å². The molecule has 2 aliphatic rings. The predicted octanol–water partition coefficient (Wildman–Crippen LogP) is 3.88. The second-order valence-corrected chi connectivity index (χ2v) is 9.14. The molecule has 2 heterocycles. The lowest BCUT2D eigenvalue weighted by atomic mass is 9.62. The summed E-state index contributed by atoms with van der Waals surface area (Å²) in [7, 11) is 0. The van der Waals surface area contributed by atoms with Gasteiger partial charge in [-0.1, -0.05) is 42.5 Å². The highest BCUT2D eigenvalue weighted by atomic mass is 127. The summed E-state index contributed by atoms with van der Waals surface area (Å²) in [5.41, 5.74) is 1.80. The van der Waals surface area contributed by atoms with Gasteiger partial charge in [0.2, 0.25) is 11.8 Å². The van der Waals surface area contributed by atoms with Crippen LogP contribution in [0.2, 0.25) is 0 Å². The van der Waals surface area contributed by atoms with Crippen LogP contribution in [0.3, 0.4) is 0 Å². The maximum atomic E-state index is 13.1. The van der Waals surface area contributed by atoms with Crippen molar-refractivity contribution >= 4 is 34.4 Å². The van der Waals surface area contributed by atoms with E-state index in [4.69, 9.17) is 0 Å². The lowest BCUT2D eigenvalue weighted by molar-refractivity contribution is -0.140. The number of nitrogens with zero attached hydrogens (tertiary/aromatic N) is 1. The van der Waals surface area contributed by atoms with Gasteiger partial charge in [-0.15, -0.1) is 0 Å². The van der Waals surface area contributed by atoms with E-state index >= 15 is 0 Å². The molecular formula is C23H25IN2O2. The quantitative estimate of drug-likeness (QED) is 0.525. The van der Waals surface area contributed by atoms with Gasteiger partial charge in [-0.3, -0.25) is 19.8 Å². The molecule has 0 bridgehead atoms. The maximum Gasteiger partial charge on any atom is 0.237 e. The lowest BCUT2D eigenvalue weighted by Gasteiger charge is -2.45. The fraction of sp³-hybridized carbons (Fsp3) is 0.391. The van der Waals surface area contributed by atoms with Crippen molar-refractivity contribution < 1.29 is 9.59 Å². The van der Waals surface area contributed by atoms with Crippen molar-refractivity contribution in [2.24, 2.45) is 5.92 Å². The lowest BCUT2D eigenvalue weighted by Crippen LogP contribution is -2.57. The van der Waals surface area contributed by atoms with E-state index in [-0.39, 0.29) is 17.7 Å². The number of rotatable bonds is 4. The molecule has 2 saturated heterocycles. The third-order valence-electron chi connectivity index (χ3n) is 6.30. The molecule has 0 aliphatic carbocycles. The average Bonchev–Trinajstić information content (AvgIpc) is 2.72. The number of carbonyl (C=O) groups is 2. The Balaban J connectivity index is 1.51. The van der Waals surface area contributed by atoms with Gasteiger partial charge < -0.3 is 0 Å². The van der Waals surface area contributed by atoms with Crippen molar-refractivity contribution in [1.82, 2.24) is 10.2 Å². The number of amides is 2. The highest BCUT2D eigenvalue weighted by Gasteiger charge is 2.50. The largest absolute Gasteiger partial charge is 0.299 e. The molecular weight excluding hydrogens is 463 g/mol. The van der Waals surface area contributed by atoms with E-state index in [1.165, 1.54) is 9.13 Å². The summed E-state index contributed by atoms with van der Waals surface area (Å²) >= 11 is 2.33. The summed E-state index contributed by atoms with van der Waals surface area (Å²) in [5.74, 6) is 0.00899. The predicted molar refractivity (Wildman–Crippen MR) is 118 cm³/mol. The number of benzene rings is 2. The first-order valence-electron chi connectivity index (χ1n) is 9.94. The van der Waals surface area contributed by atoms with Gasteiger partial charge in [-0.25, -0.2) is 0 Å². The molecule has 0 spiro atoms. The number of nitrogens with one attached hydrogen (secondary N) is 1. The maximum absolute atomic E-state index is 13.1. The van der Waals surface area contributed by atoms with E-state index in [1.54, 1.807) is 0 Å². The first kappa shape index (κ1) is 19.6. The number of carbonyl (C=O) groups excluding carboxylic acids is 2. The van der Waals surface area contributed by atoms with E-state index in [9.17, 15) is 9.59 Å². The molecule has 1 unspecified atom stereocenters. The van der Waals surface area contributed by atoms with E-state index in [1.807, 2.05) is 30.3 Å². The Bertz CT molecular complexity index is 845. The molecule has 2 aromatic rings. The summed E-state index contributed by atoms with van der Waals surface area (Å²) in [4.78, 5) is 27.4. The Morgan fingerprint density at radius 1 is 1.00 bits per heavy atom. The van der Waals surface area contributed by atoms with Crippen LogP contribution in [0.4, 0.5) is 0 Å². The van der Waals surface area contributed by atoms with Crippen LogP contribution in [0, 0.1) is 9.49 Å². The molecule has 0 aromatic heterocycles. The van der Waals surface area contributed by atoms with Crippen LogP contribution in [0.25, 0.3) is 0 Å². The summed E-state index contributed by atoms with van der Waals surface area (Å²) in [5, 5.41) is 2.63. The van der Waals surface area contributed by atoms with Crippen molar-refractivity contribution in [3.63, 3.8) is 0 Å². The van der Waals surface area contributed by atoms with Gasteiger partial charge >= 0.3 is 0 Å². The summed E-state index contributed by atoms with van der Waals surface area (Å²) in [6.45, 7) is 2.91. The minimum absolute atomic E-state index is 0.106. The molecule has 2 aliphatic heterocycles. The Kier molecular flexibility index (Phi) is 5.83. The number of likely N-dealkylation sites (tertiary alicyclic amines) is 1. The standard InChI is InChI=1S/C23H25IN2O2/c24-20-8-6-17(7-9-20)16-26-14-11-19(12-15-26)23(18-4-2-1-3-5-18)13-10-21(27)25-22(23)28/h1-9,19H,10-16H2,(H,25,27,28). The van der Waals surface area contributed by atoms with Crippen molar-refractivity contribution in [3.05, 3.63) is 69.3 Å². The van der Waals surface area contributed by atoms with Crippen molar-refractivity contribution in [3.8, 4) is 0 Å². The molecule has 0 saturated carbocycles. The smallest absolute Gasteiger partial charge is 0.237 e. The SMILES string of the molecule is O=C1CCC(c2ccccc2)(C2CCN(Cc3ccc(I)cc3)CC2)C(=O)N1. The molecule has 5 heteroatoms. The molecule has 2 fully saturated rings. The van der Waals surface area contributed by atoms with Crippen molar-refractivity contribution in [2.45, 2.75) is 37.6 Å². The van der Waals surface area contributed by atoms with Gasteiger partial charge in [0.15, 0.2) is 0 Å². The van der Waals surface area contributed by atoms with Crippen LogP contribution < -0.4 is 5.32 Å². The number of hydrogen-bond donors (Lipinski definition) is 1. The van der Waals surface area contributed by atoms with Crippen LogP contribution in [0.5, 0.6) is 0 Å². The zero-order valence-electron chi connectivity index (χ0n) is 15.9. The average molecular weight is 488 g/mol. The molecule has 2 aromatic carbocycles. The normalized spacial score (nSPS) is 24.2. The molecule has 0 radical (unpaired) electrons. The Morgan fingerprint density at radius 3 is 2.32 bits per heavy atom. The topological polar surface area (TPSA) is 49.4 Å². The van der Waals surface area contributed by atoms with Crippen LogP contribution in [-0.2, 0) is 21.5 Å². The highest BCUT2D eigenvalue weighted by Crippen LogP contribution is 2.44. The highest BCUT2D eigenvalue weighted by molar-refractivity contribution is 14.1. The molecule has 1 N–H and O–H groups in total. The van der Waals surface area contributed by atoms with Gasteiger partial charge in [-0.05, 0) is 84.1 Å². The van der Waals surface area contributed by atoms with Crippen LogP contribution in [0.1, 0.15) is 36.8 Å². The second-order valence-electron chi connectivity index (χ2n) is 7.89. The van der Waals surface area contributed by atoms with Crippen molar-refractivity contribution in [1.29, 1.82) is 0 Å². The van der Waals surface area contributed by atoms with Gasteiger partial charge in [0.05, 0.1) is 5.41 Å². The number of imide groups is 1. The third kappa shape index (κ3) is 3.87. The van der Waals surface area contributed by atoms with Gasteiger partial charge in [-0.2, -0.15) is 0 Å². The Labute approximate surface area is 179 Å². The van der Waals surface area contributed by atoms with Gasteiger partial charge in [0.25, 0.3) is 0 Å². The molecule has 28 heavy (non-hydrogen) atoms. The minimum atomic E-state index is -0.579. The fourth-order valence-electron chi connectivity index (χ4n) is 4.79. The first-order valence-corrected chi connectivity index (χ1v) is 11.0. The molecule has 2 amide bonds. The molecule has 4 rings (SSSR count). The summed E-state index contributed by atoms with van der Waals surface area (Å²) in [6, 6.07) is 18.7. The monoisotopic (exact) mass is 488 g/mol. The summed E-state index contributed by atoms with van der Waals surface area (Å²) in [6.07, 6.45) is 2.98. The second kappa shape index (κ2) is 8.33. The number of halogens is 1. The van der Waals surface area contributed by atoms with E-state index in [0.717, 1.165) is 38.0 Å². The van der Waals surface area contributed by atoms with Crippen molar-refractivity contribution in [2.75, 3.05) is 13.1 Å². The van der Waals surface area contributed by atoms with Gasteiger partial charge in [0, 0.05) is 16.5 Å². The van der Waals surface area contributed by atoms with E-state index in [2.05, 4.69) is 57.1 Å². The zero-order chi connectivity index (χ0) is 19.6. The summed E-state index contributed by atoms with van der Waals surface area (Å²) < 4.78 is 1.25. The van der Waals surface area contributed by atoms with E-state index < -0.39 is 5.41 Å². The zero-order valence-corrected chi connectivity index (χ0v) is 18.0. The van der Waals surface area contributed by atoms with Gasteiger partial charge in [0.1, 0.15) is 0 Å². The van der Waals surface area contributed by atoms with Crippen LogP contribution in [-0.4, -0.2) is 29.8 Å². The third-order valence-corrected chi connectivity index (χ3v) is 7.02. The first-order chi connectivity index (χ1) is 13.6. The number of piperidine rings is 2. The molecule has 146 valence electrons. The number of hydrogen-bond acceptors (Lipinski definition) is 3. The molecule has 4 nitrogen and oxygen atoms in total.